The molecule has 0 aromatic carbocycles. The number of carbonyl (C=O) groups is 1. The number of hydrogen-bond acceptors (Lipinski definition) is 8. The molecular weight excluding hydrogens is 376 g/mol. The molecule has 0 spiro atoms. The standard InChI is InChI=1S/C19H30N6O4/c1-18(2,3)27-9-12-7-24(17(26)29-19(4,5)6)8-13(28-12)25-11-23-14-15(20)21-10-22-16(14)25/h10-13H,7-9H2,1-6H3,(H2,20,21,22)/t12-,13+/m0/s1. The van der Waals surface area contributed by atoms with Gasteiger partial charge in [0.2, 0.25) is 0 Å². The Morgan fingerprint density at radius 2 is 1.90 bits per heavy atom. The van der Waals surface area contributed by atoms with Crippen molar-refractivity contribution in [2.75, 3.05) is 25.4 Å². The zero-order valence-electron chi connectivity index (χ0n) is 17.9. The van der Waals surface area contributed by atoms with Gasteiger partial charge < -0.3 is 24.8 Å². The number of amides is 1. The lowest BCUT2D eigenvalue weighted by Gasteiger charge is -2.39. The predicted octanol–water partition coefficient (Wildman–Crippen LogP) is 2.36. The summed E-state index contributed by atoms with van der Waals surface area (Å²) in [6, 6.07) is 0. The number of nitrogen functional groups attached to an aromatic ring is 1. The molecule has 1 amide bonds. The zero-order chi connectivity index (χ0) is 21.4. The summed E-state index contributed by atoms with van der Waals surface area (Å²) < 4.78 is 19.4. The van der Waals surface area contributed by atoms with E-state index in [1.165, 1.54) is 6.33 Å². The molecule has 1 fully saturated rings. The molecule has 1 aliphatic rings. The first-order chi connectivity index (χ1) is 13.4. The van der Waals surface area contributed by atoms with E-state index in [9.17, 15) is 4.79 Å². The Balaban J connectivity index is 1.86. The molecule has 0 saturated carbocycles. The summed E-state index contributed by atoms with van der Waals surface area (Å²) >= 11 is 0. The van der Waals surface area contributed by atoms with Gasteiger partial charge in [-0.05, 0) is 41.5 Å². The lowest BCUT2D eigenvalue weighted by Crippen LogP contribution is -2.51. The van der Waals surface area contributed by atoms with Gasteiger partial charge in [-0.25, -0.2) is 19.7 Å². The van der Waals surface area contributed by atoms with Crippen molar-refractivity contribution in [3.63, 3.8) is 0 Å². The molecule has 0 unspecified atom stereocenters. The van der Waals surface area contributed by atoms with Crippen molar-refractivity contribution in [1.29, 1.82) is 0 Å². The number of carbonyl (C=O) groups excluding carboxylic acids is 1. The van der Waals surface area contributed by atoms with Crippen molar-refractivity contribution in [2.45, 2.75) is 65.1 Å². The van der Waals surface area contributed by atoms with E-state index in [1.807, 2.05) is 41.5 Å². The summed E-state index contributed by atoms with van der Waals surface area (Å²) in [6.07, 6.45) is 1.73. The highest BCUT2D eigenvalue weighted by Crippen LogP contribution is 2.26. The van der Waals surface area contributed by atoms with Crippen LogP contribution in [0.3, 0.4) is 0 Å². The molecule has 160 valence electrons. The number of rotatable bonds is 3. The van der Waals surface area contributed by atoms with Crippen molar-refractivity contribution in [2.24, 2.45) is 0 Å². The fourth-order valence-electron chi connectivity index (χ4n) is 2.96. The number of morpholine rings is 1. The normalized spacial score (nSPS) is 20.8. The topological polar surface area (TPSA) is 118 Å². The minimum atomic E-state index is -0.592. The third-order valence-electron chi connectivity index (χ3n) is 4.20. The van der Waals surface area contributed by atoms with Crippen molar-refractivity contribution in [1.82, 2.24) is 24.4 Å². The van der Waals surface area contributed by atoms with E-state index < -0.39 is 17.9 Å². The lowest BCUT2D eigenvalue weighted by atomic mass is 10.2. The molecule has 1 aliphatic heterocycles. The molecule has 2 aromatic rings. The van der Waals surface area contributed by atoms with E-state index in [2.05, 4.69) is 15.0 Å². The Kier molecular flexibility index (Phi) is 5.68. The predicted molar refractivity (Wildman–Crippen MR) is 107 cm³/mol. The molecular formula is C19H30N6O4. The van der Waals surface area contributed by atoms with E-state index in [0.29, 0.717) is 30.1 Å². The molecule has 2 N–H and O–H groups in total. The molecule has 2 atom stereocenters. The molecule has 2 aromatic heterocycles. The highest BCUT2D eigenvalue weighted by atomic mass is 16.6. The van der Waals surface area contributed by atoms with Crippen LogP contribution in [-0.2, 0) is 14.2 Å². The van der Waals surface area contributed by atoms with Gasteiger partial charge in [0.1, 0.15) is 23.5 Å². The van der Waals surface area contributed by atoms with E-state index >= 15 is 0 Å². The number of hydrogen-bond donors (Lipinski definition) is 1. The summed E-state index contributed by atoms with van der Waals surface area (Å²) in [5, 5.41) is 0. The number of fused-ring (bicyclic) bond motifs is 1. The molecule has 3 rings (SSSR count). The fourth-order valence-corrected chi connectivity index (χ4v) is 2.96. The molecule has 0 aliphatic carbocycles. The summed E-state index contributed by atoms with van der Waals surface area (Å²) in [7, 11) is 0. The largest absolute Gasteiger partial charge is 0.444 e. The highest BCUT2D eigenvalue weighted by Gasteiger charge is 2.35. The Morgan fingerprint density at radius 1 is 1.17 bits per heavy atom. The maximum Gasteiger partial charge on any atom is 0.410 e. The minimum absolute atomic E-state index is 0.288. The number of nitrogens with two attached hydrogens (primary N) is 1. The van der Waals surface area contributed by atoms with Crippen LogP contribution in [0.25, 0.3) is 11.2 Å². The Hall–Kier alpha value is -2.46. The number of aromatic nitrogens is 4. The summed E-state index contributed by atoms with van der Waals surface area (Å²) in [5.74, 6) is 0.293. The SMILES string of the molecule is CC(C)(C)OC[C@@H]1CN(C(=O)OC(C)(C)C)C[C@H](n2cnc3c(N)ncnc32)O1. The van der Waals surface area contributed by atoms with Gasteiger partial charge in [0.25, 0.3) is 0 Å². The van der Waals surface area contributed by atoms with Crippen LogP contribution in [0.2, 0.25) is 0 Å². The first-order valence-electron chi connectivity index (χ1n) is 9.63. The van der Waals surface area contributed by atoms with Crippen LogP contribution in [0, 0.1) is 0 Å². The van der Waals surface area contributed by atoms with Crippen molar-refractivity contribution in [3.8, 4) is 0 Å². The second kappa shape index (κ2) is 7.75. The van der Waals surface area contributed by atoms with Crippen LogP contribution in [0.1, 0.15) is 47.8 Å². The molecule has 1 saturated heterocycles. The molecule has 10 heteroatoms. The van der Waals surface area contributed by atoms with Crippen molar-refractivity contribution >= 4 is 23.1 Å². The average Bonchev–Trinajstić information content (AvgIpc) is 3.03. The quantitative estimate of drug-likeness (QED) is 0.825. The van der Waals surface area contributed by atoms with Crippen LogP contribution in [0.5, 0.6) is 0 Å². The maximum atomic E-state index is 12.7. The average molecular weight is 406 g/mol. The second-order valence-electron chi connectivity index (χ2n) is 9.10. The van der Waals surface area contributed by atoms with Gasteiger partial charge in [-0.3, -0.25) is 4.57 Å². The number of nitrogens with zero attached hydrogens (tertiary/aromatic N) is 5. The van der Waals surface area contributed by atoms with Gasteiger partial charge in [0.05, 0.1) is 31.6 Å². The van der Waals surface area contributed by atoms with Gasteiger partial charge >= 0.3 is 6.09 Å². The molecule has 0 bridgehead atoms. The minimum Gasteiger partial charge on any atom is -0.444 e. The summed E-state index contributed by atoms with van der Waals surface area (Å²) in [4.78, 5) is 26.9. The third-order valence-corrected chi connectivity index (χ3v) is 4.20. The van der Waals surface area contributed by atoms with Crippen LogP contribution in [0.4, 0.5) is 10.6 Å². The van der Waals surface area contributed by atoms with E-state index in [1.54, 1.807) is 15.8 Å². The first-order valence-corrected chi connectivity index (χ1v) is 9.63. The number of imidazole rings is 1. The first kappa shape index (κ1) is 21.3. The lowest BCUT2D eigenvalue weighted by molar-refractivity contribution is -0.154. The second-order valence-corrected chi connectivity index (χ2v) is 9.10. The Bertz CT molecular complexity index is 870. The Morgan fingerprint density at radius 3 is 2.55 bits per heavy atom. The van der Waals surface area contributed by atoms with Crippen LogP contribution in [-0.4, -0.2) is 67.5 Å². The molecule has 0 radical (unpaired) electrons. The maximum absolute atomic E-state index is 12.7. The number of anilines is 1. The summed E-state index contributed by atoms with van der Waals surface area (Å²) in [5.41, 5.74) is 6.02. The summed E-state index contributed by atoms with van der Waals surface area (Å²) in [6.45, 7) is 12.4. The zero-order valence-corrected chi connectivity index (χ0v) is 17.9. The molecule has 10 nitrogen and oxygen atoms in total. The molecule has 3 heterocycles. The van der Waals surface area contributed by atoms with Crippen molar-refractivity contribution < 1.29 is 19.0 Å². The number of ether oxygens (including phenoxy) is 3. The molecule has 29 heavy (non-hydrogen) atoms. The fraction of sp³-hybridized carbons (Fsp3) is 0.684. The van der Waals surface area contributed by atoms with E-state index in [-0.39, 0.29) is 18.2 Å². The van der Waals surface area contributed by atoms with E-state index in [4.69, 9.17) is 19.9 Å². The monoisotopic (exact) mass is 406 g/mol. The van der Waals surface area contributed by atoms with Crippen molar-refractivity contribution in [3.05, 3.63) is 12.7 Å². The van der Waals surface area contributed by atoms with E-state index in [0.717, 1.165) is 0 Å². The van der Waals surface area contributed by atoms with Gasteiger partial charge in [-0.1, -0.05) is 0 Å². The van der Waals surface area contributed by atoms with Crippen LogP contribution < -0.4 is 5.73 Å². The van der Waals surface area contributed by atoms with Gasteiger partial charge in [-0.2, -0.15) is 0 Å². The highest BCUT2D eigenvalue weighted by molar-refractivity contribution is 5.81. The third kappa shape index (κ3) is 5.33. The van der Waals surface area contributed by atoms with Crippen LogP contribution in [0.15, 0.2) is 12.7 Å². The smallest absolute Gasteiger partial charge is 0.410 e. The van der Waals surface area contributed by atoms with Gasteiger partial charge in [-0.15, -0.1) is 0 Å². The van der Waals surface area contributed by atoms with Gasteiger partial charge in [0.15, 0.2) is 17.7 Å². The Labute approximate surface area is 170 Å². The van der Waals surface area contributed by atoms with Crippen LogP contribution >= 0.6 is 0 Å². The van der Waals surface area contributed by atoms with Gasteiger partial charge in [0, 0.05) is 0 Å².